The van der Waals surface area contributed by atoms with E-state index in [0.29, 0.717) is 29.9 Å². The third-order valence-corrected chi connectivity index (χ3v) is 4.41. The first kappa shape index (κ1) is 18.1. The van der Waals surface area contributed by atoms with Gasteiger partial charge in [-0.05, 0) is 24.6 Å². The minimum absolute atomic E-state index is 0.275. The number of nitrogens with one attached hydrogen (secondary N) is 1. The third-order valence-electron chi connectivity index (χ3n) is 4.41. The van der Waals surface area contributed by atoms with Crippen molar-refractivity contribution in [3.63, 3.8) is 0 Å². The summed E-state index contributed by atoms with van der Waals surface area (Å²) in [6, 6.07) is 14.0. The summed E-state index contributed by atoms with van der Waals surface area (Å²) < 4.78 is 12.0. The van der Waals surface area contributed by atoms with E-state index in [1.54, 1.807) is 25.5 Å². The Hall–Kier alpha value is -3.23. The molecule has 1 atom stereocenters. The van der Waals surface area contributed by atoms with Crippen molar-refractivity contribution in [2.75, 3.05) is 19.5 Å². The predicted octanol–water partition coefficient (Wildman–Crippen LogP) is 2.76. The van der Waals surface area contributed by atoms with E-state index < -0.39 is 0 Å². The molecule has 1 unspecified atom stereocenters. The first-order valence-electron chi connectivity index (χ1n) is 9.03. The molecule has 0 spiro atoms. The van der Waals surface area contributed by atoms with Gasteiger partial charge in [0.2, 0.25) is 11.8 Å². The maximum Gasteiger partial charge on any atom is 0.223 e. The molecule has 0 fully saturated rings. The summed E-state index contributed by atoms with van der Waals surface area (Å²) >= 11 is 0. The molecule has 3 heterocycles. The zero-order valence-electron chi connectivity index (χ0n) is 15.8. The fourth-order valence-electron chi connectivity index (χ4n) is 2.96. The number of rotatable bonds is 7. The Balaban J connectivity index is 1.57. The SMILES string of the molecule is COCC(C)NCc1ccc(-c2cc3nc(-c4ccco4)nn3c(N)n2)cc1. The summed E-state index contributed by atoms with van der Waals surface area (Å²) in [4.78, 5) is 8.97. The van der Waals surface area contributed by atoms with Gasteiger partial charge in [-0.15, -0.1) is 5.10 Å². The fourth-order valence-corrected chi connectivity index (χ4v) is 2.96. The highest BCUT2D eigenvalue weighted by Crippen LogP contribution is 2.23. The van der Waals surface area contributed by atoms with Gasteiger partial charge in [-0.1, -0.05) is 24.3 Å². The van der Waals surface area contributed by atoms with Gasteiger partial charge in [0, 0.05) is 31.3 Å². The predicted molar refractivity (Wildman–Crippen MR) is 107 cm³/mol. The highest BCUT2D eigenvalue weighted by molar-refractivity contribution is 5.66. The van der Waals surface area contributed by atoms with E-state index in [1.165, 1.54) is 10.1 Å². The topological polar surface area (TPSA) is 104 Å². The molecule has 28 heavy (non-hydrogen) atoms. The van der Waals surface area contributed by atoms with Crippen molar-refractivity contribution in [3.05, 3.63) is 54.3 Å². The molecule has 0 radical (unpaired) electrons. The molecule has 4 rings (SSSR count). The lowest BCUT2D eigenvalue weighted by Gasteiger charge is -2.12. The average Bonchev–Trinajstić information content (AvgIpc) is 3.36. The summed E-state index contributed by atoms with van der Waals surface area (Å²) in [5, 5.41) is 7.78. The number of nitrogens with two attached hydrogens (primary N) is 1. The Kier molecular flexibility index (Phi) is 5.05. The smallest absolute Gasteiger partial charge is 0.223 e. The van der Waals surface area contributed by atoms with Gasteiger partial charge in [0.25, 0.3) is 0 Å². The molecule has 3 aromatic heterocycles. The van der Waals surface area contributed by atoms with Crippen LogP contribution in [-0.2, 0) is 11.3 Å². The van der Waals surface area contributed by atoms with Gasteiger partial charge in [-0.2, -0.15) is 4.52 Å². The van der Waals surface area contributed by atoms with Crippen LogP contribution in [0.15, 0.2) is 53.1 Å². The van der Waals surface area contributed by atoms with Gasteiger partial charge < -0.3 is 20.2 Å². The quantitative estimate of drug-likeness (QED) is 0.509. The number of furan rings is 1. The third kappa shape index (κ3) is 3.73. The largest absolute Gasteiger partial charge is 0.461 e. The molecule has 4 aromatic rings. The van der Waals surface area contributed by atoms with Crippen molar-refractivity contribution in [3.8, 4) is 22.8 Å². The van der Waals surface area contributed by atoms with Crippen LogP contribution < -0.4 is 11.1 Å². The maximum absolute atomic E-state index is 6.10. The number of aromatic nitrogens is 4. The van der Waals surface area contributed by atoms with Crippen molar-refractivity contribution < 1.29 is 9.15 Å². The highest BCUT2D eigenvalue weighted by atomic mass is 16.5. The number of methoxy groups -OCH3 is 1. The summed E-state index contributed by atoms with van der Waals surface area (Å²) in [5.74, 6) is 1.34. The summed E-state index contributed by atoms with van der Waals surface area (Å²) in [6.45, 7) is 3.55. The van der Waals surface area contributed by atoms with Crippen LogP contribution in [0.4, 0.5) is 5.95 Å². The van der Waals surface area contributed by atoms with Crippen LogP contribution >= 0.6 is 0 Å². The standard InChI is InChI=1S/C20H22N6O2/c1-13(12-27-2)22-11-14-5-7-15(8-6-14)16-10-18-24-19(17-4-3-9-28-17)25-26(18)20(21)23-16/h3-10,13,22H,11-12H2,1-2H3,(H2,21,23). The van der Waals surface area contributed by atoms with Crippen LogP contribution in [0.25, 0.3) is 28.5 Å². The van der Waals surface area contributed by atoms with Gasteiger partial charge in [0.1, 0.15) is 0 Å². The molecule has 0 saturated carbocycles. The molecular weight excluding hydrogens is 356 g/mol. The van der Waals surface area contributed by atoms with E-state index in [4.69, 9.17) is 14.9 Å². The molecule has 8 heteroatoms. The second kappa shape index (κ2) is 7.79. The first-order chi connectivity index (χ1) is 13.6. The minimum Gasteiger partial charge on any atom is -0.461 e. The lowest BCUT2D eigenvalue weighted by Crippen LogP contribution is -2.29. The normalized spacial score (nSPS) is 12.5. The number of hydrogen-bond donors (Lipinski definition) is 2. The monoisotopic (exact) mass is 378 g/mol. The second-order valence-electron chi connectivity index (χ2n) is 6.62. The second-order valence-corrected chi connectivity index (χ2v) is 6.62. The Labute approximate surface area is 162 Å². The van der Waals surface area contributed by atoms with Crippen molar-refractivity contribution in [2.45, 2.75) is 19.5 Å². The zero-order valence-corrected chi connectivity index (χ0v) is 15.8. The Bertz CT molecular complexity index is 1060. The van der Waals surface area contributed by atoms with E-state index in [9.17, 15) is 0 Å². The molecule has 0 aliphatic heterocycles. The number of nitrogen functional groups attached to an aromatic ring is 1. The molecule has 3 N–H and O–H groups in total. The molecule has 0 bridgehead atoms. The van der Waals surface area contributed by atoms with Crippen LogP contribution in [0.2, 0.25) is 0 Å². The maximum atomic E-state index is 6.10. The first-order valence-corrected chi connectivity index (χ1v) is 9.03. The van der Waals surface area contributed by atoms with Gasteiger partial charge in [0.05, 0.1) is 18.6 Å². The van der Waals surface area contributed by atoms with Gasteiger partial charge in [-0.25, -0.2) is 9.97 Å². The molecule has 0 aliphatic carbocycles. The number of fused-ring (bicyclic) bond motifs is 1. The number of benzene rings is 1. The van der Waals surface area contributed by atoms with E-state index in [-0.39, 0.29) is 5.95 Å². The van der Waals surface area contributed by atoms with E-state index in [0.717, 1.165) is 17.8 Å². The lowest BCUT2D eigenvalue weighted by atomic mass is 10.1. The molecule has 0 amide bonds. The van der Waals surface area contributed by atoms with Crippen molar-refractivity contribution >= 4 is 11.6 Å². The summed E-state index contributed by atoms with van der Waals surface area (Å²) in [7, 11) is 1.70. The van der Waals surface area contributed by atoms with Gasteiger partial charge >= 0.3 is 0 Å². The van der Waals surface area contributed by atoms with Crippen LogP contribution in [0.1, 0.15) is 12.5 Å². The molecule has 1 aromatic carbocycles. The zero-order chi connectivity index (χ0) is 19.5. The van der Waals surface area contributed by atoms with Crippen molar-refractivity contribution in [1.82, 2.24) is 24.9 Å². The van der Waals surface area contributed by atoms with Crippen molar-refractivity contribution in [1.29, 1.82) is 0 Å². The van der Waals surface area contributed by atoms with E-state index >= 15 is 0 Å². The number of nitrogens with zero attached hydrogens (tertiary/aromatic N) is 4. The number of anilines is 1. The molecule has 0 aliphatic rings. The number of hydrogen-bond acceptors (Lipinski definition) is 7. The Morgan fingerprint density at radius 2 is 2.04 bits per heavy atom. The highest BCUT2D eigenvalue weighted by Gasteiger charge is 2.13. The summed E-state index contributed by atoms with van der Waals surface area (Å²) in [5.41, 5.74) is 9.61. The molecular formula is C20H22N6O2. The van der Waals surface area contributed by atoms with E-state index in [1.807, 2.05) is 18.2 Å². The molecule has 8 nitrogen and oxygen atoms in total. The van der Waals surface area contributed by atoms with Crippen molar-refractivity contribution in [2.24, 2.45) is 0 Å². The lowest BCUT2D eigenvalue weighted by molar-refractivity contribution is 0.171. The Morgan fingerprint density at radius 3 is 2.75 bits per heavy atom. The average molecular weight is 378 g/mol. The number of ether oxygens (including phenoxy) is 1. The van der Waals surface area contributed by atoms with Crippen LogP contribution in [-0.4, -0.2) is 39.3 Å². The van der Waals surface area contributed by atoms with Gasteiger partial charge in [-0.3, -0.25) is 0 Å². The summed E-state index contributed by atoms with van der Waals surface area (Å²) in [6.07, 6.45) is 1.58. The van der Waals surface area contributed by atoms with Crippen LogP contribution in [0, 0.1) is 0 Å². The molecule has 0 saturated heterocycles. The molecule has 144 valence electrons. The fraction of sp³-hybridized carbons (Fsp3) is 0.250. The minimum atomic E-state index is 0.275. The van der Waals surface area contributed by atoms with Crippen LogP contribution in [0.5, 0.6) is 0 Å². The Morgan fingerprint density at radius 1 is 1.21 bits per heavy atom. The van der Waals surface area contributed by atoms with Crippen LogP contribution in [0.3, 0.4) is 0 Å². The van der Waals surface area contributed by atoms with Gasteiger partial charge in [0.15, 0.2) is 11.4 Å². The van der Waals surface area contributed by atoms with E-state index in [2.05, 4.69) is 39.4 Å².